The minimum absolute atomic E-state index is 0.101. The fourth-order valence-electron chi connectivity index (χ4n) is 2.68. The summed E-state index contributed by atoms with van der Waals surface area (Å²) in [6.07, 6.45) is -4.75. The maximum Gasteiger partial charge on any atom is 0.416 e. The molecule has 0 bridgehead atoms. The second-order valence-electron chi connectivity index (χ2n) is 7.32. The fourth-order valence-corrected chi connectivity index (χ4v) is 2.68. The average Bonchev–Trinajstić information content (AvgIpc) is 2.52. The maximum atomic E-state index is 12.9. The Balaban J connectivity index is 2.16. The first-order valence-electron chi connectivity index (χ1n) is 8.46. The van der Waals surface area contributed by atoms with Gasteiger partial charge in [-0.05, 0) is 45.7 Å². The molecule has 1 amide bonds. The van der Waals surface area contributed by atoms with Crippen LogP contribution in [0.4, 0.5) is 23.7 Å². The van der Waals surface area contributed by atoms with Gasteiger partial charge in [-0.2, -0.15) is 18.4 Å². The number of benzene rings is 1. The number of hydrogen-bond acceptors (Lipinski definition) is 5. The van der Waals surface area contributed by atoms with Crippen LogP contribution in [-0.4, -0.2) is 41.0 Å². The highest BCUT2D eigenvalue weighted by Gasteiger charge is 2.34. The molecule has 1 aromatic carbocycles. The molecule has 2 N–H and O–H groups in total. The van der Waals surface area contributed by atoms with E-state index in [0.717, 1.165) is 6.07 Å². The van der Waals surface area contributed by atoms with E-state index >= 15 is 0 Å². The topological polar surface area (TPSA) is 86.5 Å². The van der Waals surface area contributed by atoms with E-state index < -0.39 is 34.8 Å². The monoisotopic (exact) mass is 392 g/mol. The van der Waals surface area contributed by atoms with E-state index in [1.165, 1.54) is 4.90 Å². The highest BCUT2D eigenvalue weighted by atomic mass is 19.4. The van der Waals surface area contributed by atoms with Gasteiger partial charge in [-0.25, -0.2) is 10.0 Å². The smallest absolute Gasteiger partial charge is 0.416 e. The molecule has 1 aliphatic heterocycles. The van der Waals surface area contributed by atoms with Crippen LogP contribution in [0.25, 0.3) is 0 Å². The molecule has 1 saturated heterocycles. The maximum absolute atomic E-state index is 12.9. The number of halogens is 3. The van der Waals surface area contributed by atoms with Crippen molar-refractivity contribution >= 4 is 11.8 Å². The Labute approximate surface area is 154 Å². The second kappa shape index (κ2) is 7.91. The molecule has 1 aromatic rings. The highest BCUT2D eigenvalue weighted by molar-refractivity contribution is 5.68. The minimum Gasteiger partial charge on any atom is -0.595 e. The summed E-state index contributed by atoms with van der Waals surface area (Å²) in [7, 11) is 0. The first kappa shape index (κ1) is 21.3. The third kappa shape index (κ3) is 5.98. The summed E-state index contributed by atoms with van der Waals surface area (Å²) < 4.78 is 49.7. The van der Waals surface area contributed by atoms with E-state index in [4.69, 9.17) is 9.47 Å². The van der Waals surface area contributed by atoms with Gasteiger partial charge in [-0.15, -0.1) is 0 Å². The van der Waals surface area contributed by atoms with Crippen LogP contribution < -0.4 is 9.96 Å². The Bertz CT molecular complexity index is 674. The van der Waals surface area contributed by atoms with Crippen molar-refractivity contribution in [3.8, 4) is 5.75 Å². The number of alkyl halides is 3. The standard InChI is InChI=1S/C17H23F3N2O5/c1-16(2,3)27-15(23)21-8-4-5-12(10-21)26-14-9-11(17(18,19)20)6-7-13(14)22(24)25/h6-7,9,12,22,24H,4-5,8,10H2,1-3H3/t12-/m0/s1. The number of piperidine rings is 1. The van der Waals surface area contributed by atoms with E-state index in [9.17, 15) is 28.4 Å². The number of amides is 1. The van der Waals surface area contributed by atoms with Crippen molar-refractivity contribution in [1.29, 1.82) is 0 Å². The van der Waals surface area contributed by atoms with Crippen molar-refractivity contribution in [2.75, 3.05) is 13.1 Å². The molecule has 1 heterocycles. The van der Waals surface area contributed by atoms with Gasteiger partial charge in [0.2, 0.25) is 5.69 Å². The van der Waals surface area contributed by atoms with Crippen LogP contribution in [0.1, 0.15) is 39.2 Å². The van der Waals surface area contributed by atoms with Crippen molar-refractivity contribution in [2.45, 2.75) is 51.5 Å². The Hall–Kier alpha value is -2.04. The third-order valence-electron chi connectivity index (χ3n) is 3.86. The molecule has 0 aromatic heterocycles. The quantitative estimate of drug-likeness (QED) is 0.773. The number of ether oxygens (including phenoxy) is 2. The van der Waals surface area contributed by atoms with Crippen molar-refractivity contribution in [1.82, 2.24) is 4.90 Å². The number of likely N-dealkylation sites (tertiary alicyclic amines) is 1. The van der Waals surface area contributed by atoms with E-state index in [2.05, 4.69) is 0 Å². The largest absolute Gasteiger partial charge is 0.595 e. The molecule has 1 fully saturated rings. The van der Waals surface area contributed by atoms with Gasteiger partial charge in [0.15, 0.2) is 5.75 Å². The lowest BCUT2D eigenvalue weighted by Crippen LogP contribution is -2.99. The van der Waals surface area contributed by atoms with Gasteiger partial charge < -0.3 is 19.6 Å². The van der Waals surface area contributed by atoms with Gasteiger partial charge in [0.25, 0.3) is 0 Å². The van der Waals surface area contributed by atoms with Crippen molar-refractivity contribution in [3.05, 3.63) is 29.0 Å². The van der Waals surface area contributed by atoms with E-state index in [0.29, 0.717) is 31.5 Å². The molecule has 10 heteroatoms. The number of carbonyl (C=O) groups excluding carboxylic acids is 1. The second-order valence-corrected chi connectivity index (χ2v) is 7.32. The van der Waals surface area contributed by atoms with Gasteiger partial charge in [-0.1, -0.05) is 0 Å². The molecule has 2 rings (SSSR count). The zero-order valence-corrected chi connectivity index (χ0v) is 15.3. The minimum atomic E-state index is -4.62. The molecule has 0 spiro atoms. The first-order chi connectivity index (χ1) is 12.4. The molecular weight excluding hydrogens is 369 g/mol. The number of quaternary nitrogens is 1. The predicted molar refractivity (Wildman–Crippen MR) is 88.7 cm³/mol. The van der Waals surface area contributed by atoms with Crippen LogP contribution in [0.15, 0.2) is 18.2 Å². The molecule has 7 nitrogen and oxygen atoms in total. The lowest BCUT2D eigenvalue weighted by molar-refractivity contribution is -0.991. The lowest BCUT2D eigenvalue weighted by atomic mass is 10.1. The van der Waals surface area contributed by atoms with Gasteiger partial charge >= 0.3 is 12.3 Å². The molecule has 2 atom stereocenters. The van der Waals surface area contributed by atoms with Crippen LogP contribution >= 0.6 is 0 Å². The van der Waals surface area contributed by atoms with Crippen LogP contribution in [0, 0.1) is 5.21 Å². The summed E-state index contributed by atoms with van der Waals surface area (Å²) in [5.41, 5.74) is -2.04. The van der Waals surface area contributed by atoms with Crippen LogP contribution in [0.5, 0.6) is 5.75 Å². The summed E-state index contributed by atoms with van der Waals surface area (Å²) in [6, 6.07) is 2.25. The molecule has 152 valence electrons. The van der Waals surface area contributed by atoms with Gasteiger partial charge in [0, 0.05) is 12.6 Å². The summed E-state index contributed by atoms with van der Waals surface area (Å²) in [4.78, 5) is 13.6. The molecule has 1 aliphatic rings. The SMILES string of the molecule is CC(C)(C)OC(=O)N1CCC[C@H](Oc2cc(C(F)(F)F)ccc2[NH+]([O-])O)C1. The summed E-state index contributed by atoms with van der Waals surface area (Å²) in [5.74, 6) is -0.367. The Kier molecular flexibility index (Phi) is 6.23. The van der Waals surface area contributed by atoms with Crippen molar-refractivity contribution < 1.29 is 37.9 Å². The Morgan fingerprint density at radius 2 is 2.00 bits per heavy atom. The average molecular weight is 392 g/mol. The Morgan fingerprint density at radius 1 is 1.33 bits per heavy atom. The molecule has 0 aliphatic carbocycles. The van der Waals surface area contributed by atoms with E-state index in [-0.39, 0.29) is 18.0 Å². The van der Waals surface area contributed by atoms with E-state index in [1.807, 2.05) is 0 Å². The Morgan fingerprint density at radius 3 is 2.56 bits per heavy atom. The summed E-state index contributed by atoms with van der Waals surface area (Å²) in [5, 5.41) is 19.1. The molecule has 0 radical (unpaired) electrons. The normalized spacial score (nSPS) is 19.6. The lowest BCUT2D eigenvalue weighted by Gasteiger charge is -2.34. The number of rotatable bonds is 3. The number of carbonyl (C=O) groups is 1. The third-order valence-corrected chi connectivity index (χ3v) is 3.86. The van der Waals surface area contributed by atoms with Crippen molar-refractivity contribution in [3.63, 3.8) is 0 Å². The van der Waals surface area contributed by atoms with Gasteiger partial charge in [0.05, 0.1) is 12.1 Å². The van der Waals surface area contributed by atoms with Crippen molar-refractivity contribution in [2.24, 2.45) is 0 Å². The highest BCUT2D eigenvalue weighted by Crippen LogP contribution is 2.35. The van der Waals surface area contributed by atoms with Crippen LogP contribution in [-0.2, 0) is 10.9 Å². The molecule has 1 unspecified atom stereocenters. The summed E-state index contributed by atoms with van der Waals surface area (Å²) in [6.45, 7) is 5.72. The fraction of sp³-hybridized carbons (Fsp3) is 0.588. The van der Waals surface area contributed by atoms with E-state index in [1.54, 1.807) is 20.8 Å². The number of nitrogens with one attached hydrogen (secondary N) is 1. The predicted octanol–water partition coefficient (Wildman–Crippen LogP) is 2.89. The summed E-state index contributed by atoms with van der Waals surface area (Å²) >= 11 is 0. The first-order valence-corrected chi connectivity index (χ1v) is 8.46. The van der Waals surface area contributed by atoms with Crippen LogP contribution in [0.2, 0.25) is 0 Å². The zero-order chi connectivity index (χ0) is 20.4. The number of nitrogens with zero attached hydrogens (tertiary/aromatic N) is 1. The molecule has 27 heavy (non-hydrogen) atoms. The molecule has 0 saturated carbocycles. The van der Waals surface area contributed by atoms with Gasteiger partial charge in [-0.3, -0.25) is 0 Å². The van der Waals surface area contributed by atoms with Gasteiger partial charge in [0.1, 0.15) is 11.7 Å². The zero-order valence-electron chi connectivity index (χ0n) is 15.3. The van der Waals surface area contributed by atoms with Crippen LogP contribution in [0.3, 0.4) is 0 Å². The number of hydrogen-bond donors (Lipinski definition) is 2. The molecular formula is C17H23F3N2O5.